The van der Waals surface area contributed by atoms with Crippen LogP contribution in [0.3, 0.4) is 0 Å². The van der Waals surface area contributed by atoms with E-state index in [9.17, 15) is 0 Å². The molecule has 3 rings (SSSR count). The Kier molecular flexibility index (Phi) is 5.32. The fourth-order valence-electron chi connectivity index (χ4n) is 2.64. The van der Waals surface area contributed by atoms with Crippen LogP contribution in [-0.4, -0.2) is 43.4 Å². The van der Waals surface area contributed by atoms with E-state index >= 15 is 0 Å². The van der Waals surface area contributed by atoms with Gasteiger partial charge in [-0.05, 0) is 34.1 Å². The minimum absolute atomic E-state index is 0.521. The Labute approximate surface area is 159 Å². The molecule has 7 nitrogen and oxygen atoms in total. The van der Waals surface area contributed by atoms with E-state index < -0.39 is 0 Å². The molecule has 0 saturated heterocycles. The Balaban J connectivity index is 2.13. The molecule has 1 aromatic heterocycles. The van der Waals surface area contributed by atoms with Crippen molar-refractivity contribution < 1.29 is 18.9 Å². The molecule has 0 spiro atoms. The molecule has 0 aliphatic rings. The van der Waals surface area contributed by atoms with Crippen molar-refractivity contribution in [2.24, 2.45) is 0 Å². The first-order chi connectivity index (χ1) is 12.6. The Morgan fingerprint density at radius 2 is 1.50 bits per heavy atom. The summed E-state index contributed by atoms with van der Waals surface area (Å²) < 4.78 is 24.1. The number of nitrogens with zero attached hydrogens (tertiary/aromatic N) is 3. The summed E-state index contributed by atoms with van der Waals surface area (Å²) in [7, 11) is 6.34. The van der Waals surface area contributed by atoms with Crippen LogP contribution in [0.25, 0.3) is 16.9 Å². The molecule has 0 aliphatic carbocycles. The first kappa shape index (κ1) is 18.1. The van der Waals surface area contributed by atoms with E-state index in [0.717, 1.165) is 27.2 Å². The van der Waals surface area contributed by atoms with Gasteiger partial charge in [0, 0.05) is 17.7 Å². The van der Waals surface area contributed by atoms with Gasteiger partial charge in [0.05, 0.1) is 50.5 Å². The van der Waals surface area contributed by atoms with Crippen molar-refractivity contribution in [3.63, 3.8) is 0 Å². The van der Waals surface area contributed by atoms with Gasteiger partial charge < -0.3 is 18.9 Å². The van der Waals surface area contributed by atoms with Crippen molar-refractivity contribution in [2.45, 2.75) is 0 Å². The van der Waals surface area contributed by atoms with E-state index in [1.807, 2.05) is 30.3 Å². The van der Waals surface area contributed by atoms with Gasteiger partial charge in [-0.15, -0.1) is 5.10 Å². The molecule has 0 radical (unpaired) electrons. The third kappa shape index (κ3) is 3.20. The van der Waals surface area contributed by atoms with Gasteiger partial charge in [-0.25, -0.2) is 4.68 Å². The summed E-state index contributed by atoms with van der Waals surface area (Å²) in [5, 5.41) is 8.26. The summed E-state index contributed by atoms with van der Waals surface area (Å²) >= 11 is 3.51. The van der Waals surface area contributed by atoms with E-state index in [1.165, 1.54) is 0 Å². The summed E-state index contributed by atoms with van der Waals surface area (Å²) in [6.07, 6.45) is 1.69. The van der Waals surface area contributed by atoms with Gasteiger partial charge in [0.25, 0.3) is 0 Å². The first-order valence-electron chi connectivity index (χ1n) is 7.68. The Morgan fingerprint density at radius 3 is 2.04 bits per heavy atom. The van der Waals surface area contributed by atoms with Gasteiger partial charge in [-0.2, -0.15) is 0 Å². The van der Waals surface area contributed by atoms with E-state index in [0.29, 0.717) is 17.2 Å². The largest absolute Gasteiger partial charge is 0.496 e. The van der Waals surface area contributed by atoms with Crippen LogP contribution < -0.4 is 18.9 Å². The monoisotopic (exact) mass is 419 g/mol. The lowest BCUT2D eigenvalue weighted by Crippen LogP contribution is -2.03. The lowest BCUT2D eigenvalue weighted by Gasteiger charge is -2.15. The zero-order valence-electron chi connectivity index (χ0n) is 14.8. The molecule has 1 heterocycles. The molecule has 0 saturated carbocycles. The maximum absolute atomic E-state index is 5.42. The van der Waals surface area contributed by atoms with Crippen LogP contribution >= 0.6 is 15.9 Å². The number of aromatic nitrogens is 3. The zero-order chi connectivity index (χ0) is 18.7. The van der Waals surface area contributed by atoms with Crippen LogP contribution in [0.1, 0.15) is 0 Å². The van der Waals surface area contributed by atoms with Crippen LogP contribution in [0.15, 0.2) is 41.0 Å². The Bertz CT molecular complexity index is 902. The van der Waals surface area contributed by atoms with Gasteiger partial charge in [0.1, 0.15) is 5.75 Å². The van der Waals surface area contributed by atoms with Gasteiger partial charge in [0.2, 0.25) is 5.75 Å². The maximum atomic E-state index is 5.42. The van der Waals surface area contributed by atoms with Gasteiger partial charge in [-0.1, -0.05) is 5.21 Å². The van der Waals surface area contributed by atoms with Crippen molar-refractivity contribution in [1.29, 1.82) is 0 Å². The highest BCUT2D eigenvalue weighted by Gasteiger charge is 2.17. The molecule has 0 aliphatic heterocycles. The molecule has 136 valence electrons. The quantitative estimate of drug-likeness (QED) is 0.606. The number of hydrogen-bond donors (Lipinski definition) is 0. The third-order valence-electron chi connectivity index (χ3n) is 3.89. The smallest absolute Gasteiger partial charge is 0.203 e. The zero-order valence-corrected chi connectivity index (χ0v) is 16.4. The predicted molar refractivity (Wildman–Crippen MR) is 101 cm³/mol. The number of benzene rings is 2. The van der Waals surface area contributed by atoms with Gasteiger partial charge in [0.15, 0.2) is 11.5 Å². The van der Waals surface area contributed by atoms with Crippen LogP contribution in [0, 0.1) is 0 Å². The van der Waals surface area contributed by atoms with E-state index in [2.05, 4.69) is 26.2 Å². The van der Waals surface area contributed by atoms with Crippen molar-refractivity contribution in [2.75, 3.05) is 28.4 Å². The molecule has 0 fully saturated rings. The number of methoxy groups -OCH3 is 4. The maximum Gasteiger partial charge on any atom is 0.203 e. The highest BCUT2D eigenvalue weighted by Crippen LogP contribution is 2.40. The highest BCUT2D eigenvalue weighted by molar-refractivity contribution is 9.10. The van der Waals surface area contributed by atoms with E-state index in [1.54, 1.807) is 39.3 Å². The summed E-state index contributed by atoms with van der Waals surface area (Å²) in [5.41, 5.74) is 2.47. The summed E-state index contributed by atoms with van der Waals surface area (Å²) in [6, 6.07) is 9.41. The summed E-state index contributed by atoms with van der Waals surface area (Å²) in [4.78, 5) is 0. The van der Waals surface area contributed by atoms with Crippen molar-refractivity contribution >= 4 is 15.9 Å². The summed E-state index contributed by atoms with van der Waals surface area (Å²) in [6.45, 7) is 0. The topological polar surface area (TPSA) is 67.6 Å². The number of rotatable bonds is 6. The Morgan fingerprint density at radius 1 is 0.846 bits per heavy atom. The second-order valence-electron chi connectivity index (χ2n) is 5.26. The van der Waals surface area contributed by atoms with Crippen molar-refractivity contribution in [3.8, 4) is 39.9 Å². The van der Waals surface area contributed by atoms with Crippen LogP contribution in [0.2, 0.25) is 0 Å². The minimum atomic E-state index is 0.521. The molecule has 0 atom stereocenters. The van der Waals surface area contributed by atoms with Crippen LogP contribution in [-0.2, 0) is 0 Å². The highest BCUT2D eigenvalue weighted by atomic mass is 79.9. The lowest BCUT2D eigenvalue weighted by atomic mass is 10.1. The van der Waals surface area contributed by atoms with Gasteiger partial charge in [-0.3, -0.25) is 0 Å². The fraction of sp³-hybridized carbons (Fsp3) is 0.222. The van der Waals surface area contributed by atoms with Crippen molar-refractivity contribution in [1.82, 2.24) is 15.0 Å². The average Bonchev–Trinajstić information content (AvgIpc) is 3.16. The second-order valence-corrected chi connectivity index (χ2v) is 6.12. The fourth-order valence-corrected chi connectivity index (χ4v) is 3.18. The number of hydrogen-bond acceptors (Lipinski definition) is 6. The average molecular weight is 420 g/mol. The normalized spacial score (nSPS) is 10.5. The summed E-state index contributed by atoms with van der Waals surface area (Å²) in [5.74, 6) is 2.35. The molecule has 0 bridgehead atoms. The lowest BCUT2D eigenvalue weighted by molar-refractivity contribution is 0.324. The molecule has 0 N–H and O–H groups in total. The molecule has 2 aromatic carbocycles. The molecule has 0 unspecified atom stereocenters. The number of ether oxygens (including phenoxy) is 4. The molecule has 3 aromatic rings. The molecular weight excluding hydrogens is 402 g/mol. The van der Waals surface area contributed by atoms with Crippen molar-refractivity contribution in [3.05, 3.63) is 41.0 Å². The second kappa shape index (κ2) is 7.65. The molecule has 0 amide bonds. The van der Waals surface area contributed by atoms with E-state index in [-0.39, 0.29) is 0 Å². The SMILES string of the molecule is COc1ccc(-c2cnnn2-c2cc(OC)c(OC)c(OC)c2)cc1Br. The van der Waals surface area contributed by atoms with Gasteiger partial charge >= 0.3 is 0 Å². The first-order valence-corrected chi connectivity index (χ1v) is 8.47. The molecule has 26 heavy (non-hydrogen) atoms. The van der Waals surface area contributed by atoms with E-state index in [4.69, 9.17) is 18.9 Å². The third-order valence-corrected chi connectivity index (χ3v) is 4.51. The molecule has 8 heteroatoms. The van der Waals surface area contributed by atoms with Crippen LogP contribution in [0.4, 0.5) is 0 Å². The number of halogens is 1. The molecular formula is C18H18BrN3O4. The standard InChI is InChI=1S/C18H18BrN3O4/c1-23-15-6-5-11(7-13(15)19)14-10-20-21-22(14)12-8-16(24-2)18(26-4)17(9-12)25-3/h5-10H,1-4H3. The predicted octanol–water partition coefficient (Wildman–Crippen LogP) is 3.73. The minimum Gasteiger partial charge on any atom is -0.496 e. The Hall–Kier alpha value is -2.74. The van der Waals surface area contributed by atoms with Crippen LogP contribution in [0.5, 0.6) is 23.0 Å².